The molecule has 0 atom stereocenters. The third-order valence-corrected chi connectivity index (χ3v) is 3.09. The first-order valence-corrected chi connectivity index (χ1v) is 5.84. The summed E-state index contributed by atoms with van der Waals surface area (Å²) >= 11 is 13.0. The normalized spacial score (nSPS) is 10.3. The smallest absolute Gasteiger partial charge is 0.280 e. The fraction of sp³-hybridized carbons (Fsp3) is 0.100. The van der Waals surface area contributed by atoms with Crippen LogP contribution in [0.15, 0.2) is 23.6 Å². The van der Waals surface area contributed by atoms with Crippen LogP contribution in [0.25, 0.3) is 0 Å². The second-order valence-electron chi connectivity index (χ2n) is 2.97. The highest BCUT2D eigenvalue weighted by Crippen LogP contribution is 2.32. The van der Waals surface area contributed by atoms with Gasteiger partial charge < -0.3 is 4.74 Å². The van der Waals surface area contributed by atoms with Crippen LogP contribution in [-0.4, -0.2) is 4.98 Å². The zero-order chi connectivity index (χ0) is 10.8. The van der Waals surface area contributed by atoms with Gasteiger partial charge in [-0.25, -0.2) is 0 Å². The Morgan fingerprint density at radius 3 is 2.80 bits per heavy atom. The van der Waals surface area contributed by atoms with Gasteiger partial charge in [-0.15, -0.1) is 0 Å². The van der Waals surface area contributed by atoms with Crippen LogP contribution in [0.3, 0.4) is 0 Å². The maximum atomic E-state index is 5.97. The molecule has 0 radical (unpaired) electrons. The highest BCUT2D eigenvalue weighted by Gasteiger charge is 2.06. The summed E-state index contributed by atoms with van der Waals surface area (Å²) in [5.74, 6) is 0.600. The molecule has 0 saturated heterocycles. The standard InChI is InChI=1S/C10H7Cl2NOS/c1-6-2-3-7(11)8(4-6)14-10-13-9(12)5-15-10/h2-5H,1H3. The van der Waals surface area contributed by atoms with Gasteiger partial charge in [0.05, 0.1) is 5.02 Å². The molecule has 1 aromatic heterocycles. The molecule has 5 heteroatoms. The molecule has 0 spiro atoms. The van der Waals surface area contributed by atoms with Crippen molar-refractivity contribution < 1.29 is 4.74 Å². The fourth-order valence-corrected chi connectivity index (χ4v) is 2.03. The quantitative estimate of drug-likeness (QED) is 0.790. The van der Waals surface area contributed by atoms with E-state index >= 15 is 0 Å². The predicted octanol–water partition coefficient (Wildman–Crippen LogP) is 4.55. The first-order valence-electron chi connectivity index (χ1n) is 4.20. The van der Waals surface area contributed by atoms with Crippen LogP contribution in [0.2, 0.25) is 10.2 Å². The van der Waals surface area contributed by atoms with Crippen molar-refractivity contribution in [1.29, 1.82) is 0 Å². The Hall–Kier alpha value is -0.770. The van der Waals surface area contributed by atoms with Crippen molar-refractivity contribution in [3.05, 3.63) is 39.3 Å². The molecule has 1 aromatic carbocycles. The topological polar surface area (TPSA) is 22.1 Å². The summed E-state index contributed by atoms with van der Waals surface area (Å²) in [6.07, 6.45) is 0. The summed E-state index contributed by atoms with van der Waals surface area (Å²) < 4.78 is 5.50. The maximum absolute atomic E-state index is 5.97. The van der Waals surface area contributed by atoms with Crippen LogP contribution in [0.5, 0.6) is 10.9 Å². The number of aromatic nitrogens is 1. The molecule has 0 aliphatic heterocycles. The molecule has 78 valence electrons. The van der Waals surface area contributed by atoms with Crippen molar-refractivity contribution in [2.75, 3.05) is 0 Å². The highest BCUT2D eigenvalue weighted by molar-refractivity contribution is 7.11. The summed E-state index contributed by atoms with van der Waals surface area (Å²) in [6.45, 7) is 1.97. The Balaban J connectivity index is 2.27. The lowest BCUT2D eigenvalue weighted by Gasteiger charge is -2.04. The molecule has 0 bridgehead atoms. The van der Waals surface area contributed by atoms with Gasteiger partial charge >= 0.3 is 0 Å². The van der Waals surface area contributed by atoms with Gasteiger partial charge in [-0.2, -0.15) is 4.98 Å². The molecule has 2 rings (SSSR count). The molecule has 0 saturated carbocycles. The largest absolute Gasteiger partial charge is 0.429 e. The van der Waals surface area contributed by atoms with E-state index < -0.39 is 0 Å². The number of benzene rings is 1. The molecule has 2 nitrogen and oxygen atoms in total. The Morgan fingerprint density at radius 1 is 1.33 bits per heavy atom. The second kappa shape index (κ2) is 4.39. The SMILES string of the molecule is Cc1ccc(Cl)c(Oc2nc(Cl)cs2)c1. The van der Waals surface area contributed by atoms with E-state index in [2.05, 4.69) is 4.98 Å². The summed E-state index contributed by atoms with van der Waals surface area (Å²) in [5.41, 5.74) is 1.08. The fourth-order valence-electron chi connectivity index (χ4n) is 1.07. The molecular weight excluding hydrogens is 253 g/mol. The van der Waals surface area contributed by atoms with Crippen molar-refractivity contribution in [3.8, 4) is 10.9 Å². The van der Waals surface area contributed by atoms with Crippen LogP contribution in [0.1, 0.15) is 5.56 Å². The van der Waals surface area contributed by atoms with Crippen LogP contribution >= 0.6 is 34.5 Å². The third kappa shape index (κ3) is 2.62. The Morgan fingerprint density at radius 2 is 2.13 bits per heavy atom. The van der Waals surface area contributed by atoms with E-state index in [4.69, 9.17) is 27.9 Å². The lowest BCUT2D eigenvalue weighted by atomic mass is 10.2. The average Bonchev–Trinajstić information content (AvgIpc) is 2.58. The second-order valence-corrected chi connectivity index (χ2v) is 4.59. The number of hydrogen-bond donors (Lipinski definition) is 0. The predicted molar refractivity (Wildman–Crippen MR) is 63.4 cm³/mol. The highest BCUT2D eigenvalue weighted by atomic mass is 35.5. The first-order chi connectivity index (χ1) is 7.15. The Labute approximate surface area is 101 Å². The molecule has 2 aromatic rings. The van der Waals surface area contributed by atoms with Crippen LogP contribution in [0.4, 0.5) is 0 Å². The molecule has 0 N–H and O–H groups in total. The molecule has 0 amide bonds. The number of nitrogens with zero attached hydrogens (tertiary/aromatic N) is 1. The van der Waals surface area contributed by atoms with E-state index in [0.29, 0.717) is 21.1 Å². The number of hydrogen-bond acceptors (Lipinski definition) is 3. The summed E-state index contributed by atoms with van der Waals surface area (Å²) in [6, 6.07) is 5.57. The van der Waals surface area contributed by atoms with E-state index in [1.807, 2.05) is 19.1 Å². The molecule has 1 heterocycles. The zero-order valence-electron chi connectivity index (χ0n) is 7.83. The molecule has 0 aliphatic rings. The van der Waals surface area contributed by atoms with E-state index in [-0.39, 0.29) is 0 Å². The number of halogens is 2. The minimum Gasteiger partial charge on any atom is -0.429 e. The van der Waals surface area contributed by atoms with Crippen LogP contribution in [0, 0.1) is 6.92 Å². The van der Waals surface area contributed by atoms with Gasteiger partial charge in [0, 0.05) is 5.38 Å². The molecular formula is C10H7Cl2NOS. The summed E-state index contributed by atoms with van der Waals surface area (Å²) in [4.78, 5) is 3.98. The first kappa shape index (κ1) is 10.7. The van der Waals surface area contributed by atoms with E-state index in [1.165, 1.54) is 11.3 Å². The van der Waals surface area contributed by atoms with Crippen LogP contribution in [-0.2, 0) is 0 Å². The zero-order valence-corrected chi connectivity index (χ0v) is 10.2. The van der Waals surface area contributed by atoms with Crippen LogP contribution < -0.4 is 4.74 Å². The number of aryl methyl sites for hydroxylation is 1. The van der Waals surface area contributed by atoms with E-state index in [1.54, 1.807) is 11.4 Å². The number of thiazole rings is 1. The number of ether oxygens (including phenoxy) is 1. The third-order valence-electron chi connectivity index (χ3n) is 1.74. The minimum absolute atomic E-state index is 0.429. The Bertz CT molecular complexity index is 484. The molecule has 0 aliphatic carbocycles. The van der Waals surface area contributed by atoms with Gasteiger partial charge in [0.15, 0.2) is 0 Å². The lowest BCUT2D eigenvalue weighted by Crippen LogP contribution is -1.85. The summed E-state index contributed by atoms with van der Waals surface area (Å²) in [7, 11) is 0. The van der Waals surface area contributed by atoms with Gasteiger partial charge in [0.2, 0.25) is 0 Å². The van der Waals surface area contributed by atoms with Gasteiger partial charge in [-0.3, -0.25) is 0 Å². The molecule has 0 fully saturated rings. The van der Waals surface area contributed by atoms with Crippen molar-refractivity contribution in [2.45, 2.75) is 6.92 Å². The van der Waals surface area contributed by atoms with Crippen molar-refractivity contribution in [1.82, 2.24) is 4.98 Å². The number of rotatable bonds is 2. The van der Waals surface area contributed by atoms with Crippen molar-refractivity contribution >= 4 is 34.5 Å². The Kier molecular flexibility index (Phi) is 3.14. The van der Waals surface area contributed by atoms with Gasteiger partial charge in [0.25, 0.3) is 5.19 Å². The van der Waals surface area contributed by atoms with Gasteiger partial charge in [-0.05, 0) is 24.6 Å². The van der Waals surface area contributed by atoms with Crippen molar-refractivity contribution in [2.24, 2.45) is 0 Å². The summed E-state index contributed by atoms with van der Waals surface area (Å²) in [5, 5.41) is 3.19. The van der Waals surface area contributed by atoms with E-state index in [0.717, 1.165) is 5.56 Å². The molecule has 0 unspecified atom stereocenters. The lowest BCUT2D eigenvalue weighted by molar-refractivity contribution is 0.479. The minimum atomic E-state index is 0.429. The van der Waals surface area contributed by atoms with Gasteiger partial charge in [-0.1, -0.05) is 40.6 Å². The van der Waals surface area contributed by atoms with Crippen molar-refractivity contribution in [3.63, 3.8) is 0 Å². The monoisotopic (exact) mass is 259 g/mol. The average molecular weight is 260 g/mol. The molecule has 15 heavy (non-hydrogen) atoms. The van der Waals surface area contributed by atoms with Gasteiger partial charge in [0.1, 0.15) is 10.9 Å². The maximum Gasteiger partial charge on any atom is 0.280 e. The van der Waals surface area contributed by atoms with E-state index in [9.17, 15) is 0 Å².